The second-order valence-corrected chi connectivity index (χ2v) is 5.19. The van der Waals surface area contributed by atoms with Gasteiger partial charge in [-0.15, -0.1) is 0 Å². The third-order valence-corrected chi connectivity index (χ3v) is 3.79. The van der Waals surface area contributed by atoms with E-state index in [4.69, 9.17) is 0 Å². The van der Waals surface area contributed by atoms with Crippen molar-refractivity contribution >= 4 is 21.7 Å². The third kappa shape index (κ3) is 2.93. The van der Waals surface area contributed by atoms with Crippen molar-refractivity contribution in [3.8, 4) is 0 Å². The standard InChI is InChI=1S/C15H10BrF3O/c1-9-8-10(6-7-13(9)16)14(20)11-4-2-3-5-12(11)15(17,18)19/h2-8H,1H3. The van der Waals surface area contributed by atoms with E-state index >= 15 is 0 Å². The molecule has 0 aliphatic carbocycles. The highest BCUT2D eigenvalue weighted by atomic mass is 79.9. The fourth-order valence-corrected chi connectivity index (χ4v) is 2.12. The molecule has 0 aliphatic rings. The van der Waals surface area contributed by atoms with E-state index in [1.54, 1.807) is 19.1 Å². The highest BCUT2D eigenvalue weighted by Gasteiger charge is 2.34. The Kier molecular flexibility index (Phi) is 3.99. The van der Waals surface area contributed by atoms with Crippen molar-refractivity contribution in [2.45, 2.75) is 13.1 Å². The molecule has 1 nitrogen and oxygen atoms in total. The lowest BCUT2D eigenvalue weighted by molar-refractivity contribution is -0.137. The summed E-state index contributed by atoms with van der Waals surface area (Å²) in [6, 6.07) is 9.53. The van der Waals surface area contributed by atoms with E-state index in [0.29, 0.717) is 0 Å². The van der Waals surface area contributed by atoms with E-state index in [-0.39, 0.29) is 11.1 Å². The lowest BCUT2D eigenvalue weighted by atomic mass is 9.97. The van der Waals surface area contributed by atoms with E-state index in [0.717, 1.165) is 16.1 Å². The molecule has 0 bridgehead atoms. The van der Waals surface area contributed by atoms with E-state index in [1.165, 1.54) is 24.3 Å². The Morgan fingerprint density at radius 1 is 1.10 bits per heavy atom. The Morgan fingerprint density at radius 2 is 1.75 bits per heavy atom. The Hall–Kier alpha value is -1.62. The van der Waals surface area contributed by atoms with Gasteiger partial charge in [0.2, 0.25) is 0 Å². The van der Waals surface area contributed by atoms with Gasteiger partial charge in [0, 0.05) is 15.6 Å². The van der Waals surface area contributed by atoms with Crippen molar-refractivity contribution in [3.63, 3.8) is 0 Å². The Balaban J connectivity index is 2.51. The quantitative estimate of drug-likeness (QED) is 0.701. The number of hydrogen-bond donors (Lipinski definition) is 0. The van der Waals surface area contributed by atoms with Gasteiger partial charge in [-0.3, -0.25) is 4.79 Å². The van der Waals surface area contributed by atoms with Crippen LogP contribution in [0.4, 0.5) is 13.2 Å². The van der Waals surface area contributed by atoms with Crippen LogP contribution >= 0.6 is 15.9 Å². The summed E-state index contributed by atoms with van der Waals surface area (Å²) in [6.45, 7) is 1.77. The second-order valence-electron chi connectivity index (χ2n) is 4.34. The number of carbonyl (C=O) groups is 1. The number of halogens is 4. The van der Waals surface area contributed by atoms with Gasteiger partial charge in [-0.1, -0.05) is 34.1 Å². The Morgan fingerprint density at radius 3 is 2.35 bits per heavy atom. The molecule has 0 N–H and O–H groups in total. The zero-order chi connectivity index (χ0) is 14.9. The van der Waals surface area contributed by atoms with E-state index < -0.39 is 17.5 Å². The first-order chi connectivity index (χ1) is 9.30. The van der Waals surface area contributed by atoms with Gasteiger partial charge >= 0.3 is 6.18 Å². The fourth-order valence-electron chi connectivity index (χ4n) is 1.87. The summed E-state index contributed by atoms with van der Waals surface area (Å²) in [7, 11) is 0. The van der Waals surface area contributed by atoms with Crippen LogP contribution < -0.4 is 0 Å². The predicted octanol–water partition coefficient (Wildman–Crippen LogP) is 5.01. The molecular weight excluding hydrogens is 333 g/mol. The minimum absolute atomic E-state index is 0.238. The molecular formula is C15H10BrF3O. The smallest absolute Gasteiger partial charge is 0.289 e. The van der Waals surface area contributed by atoms with Crippen LogP contribution in [0.25, 0.3) is 0 Å². The first kappa shape index (κ1) is 14.8. The van der Waals surface area contributed by atoms with E-state index in [2.05, 4.69) is 15.9 Å². The summed E-state index contributed by atoms with van der Waals surface area (Å²) in [4.78, 5) is 12.3. The SMILES string of the molecule is Cc1cc(C(=O)c2ccccc2C(F)(F)F)ccc1Br. The lowest BCUT2D eigenvalue weighted by Gasteiger charge is -2.12. The highest BCUT2D eigenvalue weighted by molar-refractivity contribution is 9.10. The van der Waals surface area contributed by atoms with Crippen LogP contribution in [0.2, 0.25) is 0 Å². The van der Waals surface area contributed by atoms with Gasteiger partial charge in [-0.25, -0.2) is 0 Å². The molecule has 0 saturated carbocycles. The Labute approximate surface area is 122 Å². The van der Waals surface area contributed by atoms with Crippen molar-refractivity contribution < 1.29 is 18.0 Å². The first-order valence-electron chi connectivity index (χ1n) is 5.78. The summed E-state index contributed by atoms with van der Waals surface area (Å²) >= 11 is 3.29. The number of rotatable bonds is 2. The number of ketones is 1. The van der Waals surface area contributed by atoms with Gasteiger partial charge in [0.05, 0.1) is 5.56 Å². The number of carbonyl (C=O) groups excluding carboxylic acids is 1. The van der Waals surface area contributed by atoms with Gasteiger partial charge in [0.25, 0.3) is 0 Å². The maximum absolute atomic E-state index is 12.9. The molecule has 0 aliphatic heterocycles. The van der Waals surface area contributed by atoms with E-state index in [9.17, 15) is 18.0 Å². The van der Waals surface area contributed by atoms with Crippen molar-refractivity contribution in [2.24, 2.45) is 0 Å². The van der Waals surface area contributed by atoms with Crippen molar-refractivity contribution in [1.29, 1.82) is 0 Å². The summed E-state index contributed by atoms with van der Waals surface area (Å²) in [6.07, 6.45) is -4.54. The third-order valence-electron chi connectivity index (χ3n) is 2.90. The molecule has 0 aromatic heterocycles. The van der Waals surface area contributed by atoms with Crippen LogP contribution in [-0.4, -0.2) is 5.78 Å². The van der Waals surface area contributed by atoms with Gasteiger partial charge in [-0.05, 0) is 36.8 Å². The van der Waals surface area contributed by atoms with Crippen LogP contribution in [0.15, 0.2) is 46.9 Å². The molecule has 0 atom stereocenters. The van der Waals surface area contributed by atoms with Gasteiger partial charge < -0.3 is 0 Å². The number of aryl methyl sites for hydroxylation is 1. The summed E-state index contributed by atoms with van der Waals surface area (Å²) < 4.78 is 39.5. The molecule has 5 heteroatoms. The second kappa shape index (κ2) is 5.40. The highest BCUT2D eigenvalue weighted by Crippen LogP contribution is 2.33. The maximum atomic E-state index is 12.9. The molecule has 0 saturated heterocycles. The maximum Gasteiger partial charge on any atom is 0.417 e. The molecule has 0 heterocycles. The molecule has 104 valence electrons. The van der Waals surface area contributed by atoms with Gasteiger partial charge in [0.15, 0.2) is 5.78 Å². The summed E-state index contributed by atoms with van der Waals surface area (Å²) in [5.41, 5.74) is -0.213. The van der Waals surface area contributed by atoms with Crippen LogP contribution in [0.1, 0.15) is 27.0 Å². The molecule has 2 aromatic rings. The fraction of sp³-hybridized carbons (Fsp3) is 0.133. The molecule has 0 spiro atoms. The largest absolute Gasteiger partial charge is 0.417 e. The molecule has 2 aromatic carbocycles. The summed E-state index contributed by atoms with van der Waals surface area (Å²) in [5.74, 6) is -0.631. The van der Waals surface area contributed by atoms with Crippen molar-refractivity contribution in [3.05, 3.63) is 69.2 Å². The predicted molar refractivity (Wildman–Crippen MR) is 73.8 cm³/mol. The monoisotopic (exact) mass is 342 g/mol. The summed E-state index contributed by atoms with van der Waals surface area (Å²) in [5, 5.41) is 0. The average molecular weight is 343 g/mol. The van der Waals surface area contributed by atoms with Crippen LogP contribution in [0.3, 0.4) is 0 Å². The zero-order valence-electron chi connectivity index (χ0n) is 10.5. The van der Waals surface area contributed by atoms with Crippen LogP contribution in [0, 0.1) is 6.92 Å². The average Bonchev–Trinajstić information content (AvgIpc) is 2.40. The van der Waals surface area contributed by atoms with Crippen molar-refractivity contribution in [1.82, 2.24) is 0 Å². The minimum atomic E-state index is -4.54. The molecule has 20 heavy (non-hydrogen) atoms. The minimum Gasteiger partial charge on any atom is -0.289 e. The van der Waals surface area contributed by atoms with Crippen molar-refractivity contribution in [2.75, 3.05) is 0 Å². The molecule has 0 radical (unpaired) electrons. The molecule has 0 unspecified atom stereocenters. The number of hydrogen-bond acceptors (Lipinski definition) is 1. The van der Waals surface area contributed by atoms with Gasteiger partial charge in [0.1, 0.15) is 0 Å². The normalized spacial score (nSPS) is 11.4. The topological polar surface area (TPSA) is 17.1 Å². The number of alkyl halides is 3. The van der Waals surface area contributed by atoms with Crippen LogP contribution in [0.5, 0.6) is 0 Å². The Bertz CT molecular complexity index is 662. The molecule has 2 rings (SSSR count). The van der Waals surface area contributed by atoms with Gasteiger partial charge in [-0.2, -0.15) is 13.2 Å². The van der Waals surface area contributed by atoms with E-state index in [1.807, 2.05) is 0 Å². The molecule has 0 fully saturated rings. The number of benzene rings is 2. The zero-order valence-corrected chi connectivity index (χ0v) is 12.0. The first-order valence-corrected chi connectivity index (χ1v) is 6.57. The lowest BCUT2D eigenvalue weighted by Crippen LogP contribution is -2.13. The van der Waals surface area contributed by atoms with Crippen LogP contribution in [-0.2, 0) is 6.18 Å². The molecule has 0 amide bonds.